The Bertz CT molecular complexity index is 1240. The van der Waals surface area contributed by atoms with E-state index in [9.17, 15) is 17.6 Å². The van der Waals surface area contributed by atoms with Crippen LogP contribution in [0.2, 0.25) is 5.28 Å². The van der Waals surface area contributed by atoms with Gasteiger partial charge in [-0.25, -0.2) is 19.3 Å². The van der Waals surface area contributed by atoms with E-state index >= 15 is 0 Å². The Morgan fingerprint density at radius 1 is 1.13 bits per heavy atom. The number of ether oxygens (including phenoxy) is 1. The van der Waals surface area contributed by atoms with Crippen LogP contribution in [0.1, 0.15) is 11.3 Å². The molecule has 0 unspecified atom stereocenters. The highest BCUT2D eigenvalue weighted by Gasteiger charge is 2.34. The third-order valence-electron chi connectivity index (χ3n) is 4.21. The van der Waals surface area contributed by atoms with Gasteiger partial charge in [0.2, 0.25) is 11.2 Å². The van der Waals surface area contributed by atoms with Gasteiger partial charge in [0.25, 0.3) is 0 Å². The van der Waals surface area contributed by atoms with E-state index in [1.165, 1.54) is 19.2 Å². The minimum absolute atomic E-state index is 0.0257. The third-order valence-corrected chi connectivity index (χ3v) is 4.38. The van der Waals surface area contributed by atoms with Crippen LogP contribution in [0.25, 0.3) is 22.4 Å². The minimum atomic E-state index is -4.62. The number of rotatable bonds is 4. The Morgan fingerprint density at radius 2 is 1.93 bits per heavy atom. The normalized spacial score (nSPS) is 11.8. The molecule has 0 spiro atoms. The summed E-state index contributed by atoms with van der Waals surface area (Å²) in [6.07, 6.45) is -2.26. The van der Waals surface area contributed by atoms with Crippen LogP contribution in [0.5, 0.6) is 5.88 Å². The highest BCUT2D eigenvalue weighted by molar-refractivity contribution is 6.28. The van der Waals surface area contributed by atoms with Crippen LogP contribution in [0.3, 0.4) is 0 Å². The Morgan fingerprint density at radius 3 is 2.63 bits per heavy atom. The molecule has 4 aromatic rings. The Balaban J connectivity index is 1.59. The molecule has 0 aliphatic rings. The predicted octanol–water partition coefficient (Wildman–Crippen LogP) is 4.82. The SMILES string of the molecule is Cn1cc(C(F)(F)F)nc1-c1ccc(COc2nc(Cl)nc3cccnc23)cc1F. The lowest BCUT2D eigenvalue weighted by Gasteiger charge is -2.09. The fourth-order valence-corrected chi connectivity index (χ4v) is 3.02. The minimum Gasteiger partial charge on any atom is -0.471 e. The third kappa shape index (κ3) is 3.90. The molecule has 0 bridgehead atoms. The number of hydrogen-bond donors (Lipinski definition) is 0. The van der Waals surface area contributed by atoms with Crippen LogP contribution >= 0.6 is 11.6 Å². The van der Waals surface area contributed by atoms with E-state index in [1.54, 1.807) is 18.3 Å². The number of aryl methyl sites for hydroxylation is 1. The summed E-state index contributed by atoms with van der Waals surface area (Å²) < 4.78 is 59.9. The van der Waals surface area contributed by atoms with Gasteiger partial charge in [0, 0.05) is 19.4 Å². The quantitative estimate of drug-likeness (QED) is 0.338. The molecule has 154 valence electrons. The van der Waals surface area contributed by atoms with Crippen molar-refractivity contribution < 1.29 is 22.3 Å². The molecule has 0 saturated carbocycles. The molecule has 0 N–H and O–H groups in total. The fourth-order valence-electron chi connectivity index (χ4n) is 2.85. The van der Waals surface area contributed by atoms with Crippen molar-refractivity contribution in [1.82, 2.24) is 24.5 Å². The van der Waals surface area contributed by atoms with E-state index in [0.717, 1.165) is 16.8 Å². The lowest BCUT2D eigenvalue weighted by Crippen LogP contribution is -2.05. The molecule has 0 radical (unpaired) electrons. The van der Waals surface area contributed by atoms with Gasteiger partial charge in [0.1, 0.15) is 18.2 Å². The van der Waals surface area contributed by atoms with Crippen LogP contribution < -0.4 is 4.74 Å². The first-order valence-corrected chi connectivity index (χ1v) is 8.90. The van der Waals surface area contributed by atoms with Gasteiger partial charge in [0.05, 0.1) is 11.1 Å². The zero-order valence-electron chi connectivity index (χ0n) is 15.3. The molecule has 0 aliphatic heterocycles. The summed E-state index contributed by atoms with van der Waals surface area (Å²) in [6, 6.07) is 7.42. The Labute approximate surface area is 172 Å². The fraction of sp³-hybridized carbons (Fsp3) is 0.158. The van der Waals surface area contributed by atoms with Crippen molar-refractivity contribution in [3.05, 3.63) is 65.1 Å². The van der Waals surface area contributed by atoms with E-state index in [4.69, 9.17) is 16.3 Å². The molecule has 3 aromatic heterocycles. The molecule has 0 amide bonds. The summed E-state index contributed by atoms with van der Waals surface area (Å²) in [7, 11) is 1.37. The van der Waals surface area contributed by atoms with E-state index in [-0.39, 0.29) is 29.2 Å². The van der Waals surface area contributed by atoms with Gasteiger partial charge in [-0.1, -0.05) is 6.07 Å². The second-order valence-corrected chi connectivity index (χ2v) is 6.67. The van der Waals surface area contributed by atoms with Crippen LogP contribution in [0, 0.1) is 5.82 Å². The van der Waals surface area contributed by atoms with Crippen molar-refractivity contribution in [1.29, 1.82) is 0 Å². The van der Waals surface area contributed by atoms with Crippen molar-refractivity contribution >= 4 is 22.6 Å². The van der Waals surface area contributed by atoms with Gasteiger partial charge in [-0.05, 0) is 41.4 Å². The maximum Gasteiger partial charge on any atom is 0.434 e. The number of hydrogen-bond acceptors (Lipinski definition) is 5. The number of halogens is 5. The molecule has 11 heteroatoms. The van der Waals surface area contributed by atoms with Gasteiger partial charge in [-0.2, -0.15) is 18.2 Å². The van der Waals surface area contributed by atoms with Gasteiger partial charge in [-0.15, -0.1) is 0 Å². The number of nitrogens with zero attached hydrogens (tertiary/aromatic N) is 5. The molecule has 1 aromatic carbocycles. The first-order chi connectivity index (χ1) is 14.2. The molecular formula is C19H12ClF4N5O. The molecule has 6 nitrogen and oxygen atoms in total. The zero-order valence-corrected chi connectivity index (χ0v) is 16.0. The summed E-state index contributed by atoms with van der Waals surface area (Å²) >= 11 is 5.89. The van der Waals surface area contributed by atoms with Crippen molar-refractivity contribution in [2.75, 3.05) is 0 Å². The first-order valence-electron chi connectivity index (χ1n) is 8.53. The van der Waals surface area contributed by atoms with Gasteiger partial charge in [-0.3, -0.25) is 0 Å². The molecule has 3 heterocycles. The van der Waals surface area contributed by atoms with Gasteiger partial charge in [0.15, 0.2) is 11.2 Å². The number of aromatic nitrogens is 5. The van der Waals surface area contributed by atoms with Gasteiger partial charge < -0.3 is 9.30 Å². The summed E-state index contributed by atoms with van der Waals surface area (Å²) in [4.78, 5) is 15.7. The number of benzene rings is 1. The second kappa shape index (κ2) is 7.52. The van der Waals surface area contributed by atoms with Crippen molar-refractivity contribution in [3.8, 4) is 17.3 Å². The van der Waals surface area contributed by atoms with Crippen LogP contribution in [0.15, 0.2) is 42.7 Å². The lowest BCUT2D eigenvalue weighted by molar-refractivity contribution is -0.140. The first kappa shape index (κ1) is 20.0. The van der Waals surface area contributed by atoms with Crippen LogP contribution in [-0.4, -0.2) is 24.5 Å². The smallest absolute Gasteiger partial charge is 0.434 e. The molecule has 0 fully saturated rings. The highest BCUT2D eigenvalue weighted by atomic mass is 35.5. The standard InChI is InChI=1S/C19H12ClF4N5O/c1-29-8-14(19(22,23)24)27-16(29)11-5-4-10(7-12(11)21)9-30-17-15-13(3-2-6-25-15)26-18(20)28-17/h2-8H,9H2,1H3. The molecule has 4 rings (SSSR count). The van der Waals surface area contributed by atoms with E-state index in [1.807, 2.05) is 0 Å². The summed E-state index contributed by atoms with van der Waals surface area (Å²) in [5.41, 5.74) is 0.164. The average molecular weight is 438 g/mol. The topological polar surface area (TPSA) is 65.7 Å². The lowest BCUT2D eigenvalue weighted by atomic mass is 10.1. The predicted molar refractivity (Wildman–Crippen MR) is 100 cm³/mol. The Kier molecular flexibility index (Phi) is 5.02. The largest absolute Gasteiger partial charge is 0.471 e. The van der Waals surface area contributed by atoms with E-state index in [0.29, 0.717) is 16.6 Å². The average Bonchev–Trinajstić information content (AvgIpc) is 3.08. The summed E-state index contributed by atoms with van der Waals surface area (Å²) in [5.74, 6) is -0.735. The molecule has 0 atom stereocenters. The highest BCUT2D eigenvalue weighted by Crippen LogP contribution is 2.31. The Hall–Kier alpha value is -3.27. The van der Waals surface area contributed by atoms with Crippen molar-refractivity contribution in [2.45, 2.75) is 12.8 Å². The van der Waals surface area contributed by atoms with Crippen LogP contribution in [0.4, 0.5) is 17.6 Å². The number of alkyl halides is 3. The molecule has 0 aliphatic carbocycles. The number of fused-ring (bicyclic) bond motifs is 1. The maximum atomic E-state index is 14.6. The number of imidazole rings is 1. The maximum absolute atomic E-state index is 14.6. The molecule has 30 heavy (non-hydrogen) atoms. The molecule has 0 saturated heterocycles. The zero-order chi connectivity index (χ0) is 21.5. The second-order valence-electron chi connectivity index (χ2n) is 6.33. The van der Waals surface area contributed by atoms with E-state index < -0.39 is 17.7 Å². The van der Waals surface area contributed by atoms with E-state index in [2.05, 4.69) is 19.9 Å². The van der Waals surface area contributed by atoms with Crippen molar-refractivity contribution in [3.63, 3.8) is 0 Å². The monoisotopic (exact) mass is 437 g/mol. The van der Waals surface area contributed by atoms with Gasteiger partial charge >= 0.3 is 6.18 Å². The van der Waals surface area contributed by atoms with Crippen molar-refractivity contribution in [2.24, 2.45) is 7.05 Å². The summed E-state index contributed by atoms with van der Waals surface area (Å²) in [6.45, 7) is -0.0649. The molecular weight excluding hydrogens is 426 g/mol. The summed E-state index contributed by atoms with van der Waals surface area (Å²) in [5, 5.41) is -0.0257. The van der Waals surface area contributed by atoms with Crippen LogP contribution in [-0.2, 0) is 19.8 Å². The number of pyridine rings is 1.